The highest BCUT2D eigenvalue weighted by atomic mass is 19.1. The second kappa shape index (κ2) is 8.01. The SMILES string of the molecule is O=C(CN1N=C(c2nc(-c3ccccc3)no2)CCC1=O)Nc1ccc(F)cc1. The van der Waals surface area contributed by atoms with E-state index in [1.54, 1.807) is 0 Å². The number of nitrogens with one attached hydrogen (secondary N) is 1. The van der Waals surface area contributed by atoms with Crippen molar-refractivity contribution in [2.75, 3.05) is 11.9 Å². The van der Waals surface area contributed by atoms with Crippen LogP contribution in [0.4, 0.5) is 10.1 Å². The van der Waals surface area contributed by atoms with Crippen LogP contribution < -0.4 is 5.32 Å². The first-order valence-corrected chi connectivity index (χ1v) is 8.91. The van der Waals surface area contributed by atoms with Crippen molar-refractivity contribution < 1.29 is 18.5 Å². The van der Waals surface area contributed by atoms with E-state index in [-0.39, 0.29) is 24.8 Å². The predicted molar refractivity (Wildman–Crippen MR) is 102 cm³/mol. The molecule has 0 saturated carbocycles. The summed E-state index contributed by atoms with van der Waals surface area (Å²) in [5.74, 6) is -0.518. The monoisotopic (exact) mass is 393 g/mol. The van der Waals surface area contributed by atoms with Gasteiger partial charge in [0, 0.05) is 24.1 Å². The van der Waals surface area contributed by atoms with Crippen LogP contribution in [0.2, 0.25) is 0 Å². The summed E-state index contributed by atoms with van der Waals surface area (Å²) in [6.07, 6.45) is 0.511. The maximum atomic E-state index is 13.0. The van der Waals surface area contributed by atoms with Gasteiger partial charge >= 0.3 is 0 Å². The molecule has 0 aliphatic carbocycles. The topological polar surface area (TPSA) is 101 Å². The van der Waals surface area contributed by atoms with Crippen LogP contribution in [0.3, 0.4) is 0 Å². The van der Waals surface area contributed by atoms with Gasteiger partial charge in [0.25, 0.3) is 5.89 Å². The van der Waals surface area contributed by atoms with Gasteiger partial charge in [-0.05, 0) is 24.3 Å². The van der Waals surface area contributed by atoms with Gasteiger partial charge in [0.1, 0.15) is 18.1 Å². The minimum atomic E-state index is -0.453. The smallest absolute Gasteiger partial charge is 0.274 e. The molecule has 2 heterocycles. The Morgan fingerprint density at radius 1 is 1.10 bits per heavy atom. The fourth-order valence-corrected chi connectivity index (χ4v) is 2.79. The van der Waals surface area contributed by atoms with Gasteiger partial charge < -0.3 is 9.84 Å². The highest BCUT2D eigenvalue weighted by Crippen LogP contribution is 2.19. The van der Waals surface area contributed by atoms with Crippen LogP contribution in [0, 0.1) is 5.82 Å². The molecule has 2 amide bonds. The third-order valence-corrected chi connectivity index (χ3v) is 4.23. The molecule has 0 unspecified atom stereocenters. The van der Waals surface area contributed by atoms with Gasteiger partial charge in [-0.2, -0.15) is 10.1 Å². The molecule has 1 N–H and O–H groups in total. The molecule has 1 aromatic heterocycles. The lowest BCUT2D eigenvalue weighted by Gasteiger charge is -2.21. The Kier molecular flexibility index (Phi) is 5.10. The second-order valence-corrected chi connectivity index (χ2v) is 6.34. The molecule has 1 aliphatic heterocycles. The normalized spacial score (nSPS) is 13.9. The molecule has 0 atom stereocenters. The van der Waals surface area contributed by atoms with Crippen LogP contribution in [0.5, 0.6) is 0 Å². The number of nitrogens with zero attached hydrogens (tertiary/aromatic N) is 4. The van der Waals surface area contributed by atoms with Crippen molar-refractivity contribution in [3.05, 3.63) is 66.3 Å². The maximum absolute atomic E-state index is 13.0. The van der Waals surface area contributed by atoms with Crippen LogP contribution >= 0.6 is 0 Å². The fraction of sp³-hybridized carbons (Fsp3) is 0.150. The molecule has 8 nitrogen and oxygen atoms in total. The summed E-state index contributed by atoms with van der Waals surface area (Å²) in [5.41, 5.74) is 1.66. The molecule has 4 rings (SSSR count). The molecule has 0 bridgehead atoms. The quantitative estimate of drug-likeness (QED) is 0.718. The van der Waals surface area contributed by atoms with E-state index >= 15 is 0 Å². The fourth-order valence-electron chi connectivity index (χ4n) is 2.79. The van der Waals surface area contributed by atoms with Crippen LogP contribution in [0.15, 0.2) is 64.2 Å². The average molecular weight is 393 g/mol. The number of aromatic nitrogens is 2. The van der Waals surface area contributed by atoms with E-state index in [4.69, 9.17) is 4.52 Å². The highest BCUT2D eigenvalue weighted by molar-refractivity contribution is 6.02. The van der Waals surface area contributed by atoms with Gasteiger partial charge in [0.15, 0.2) is 0 Å². The van der Waals surface area contributed by atoms with Crippen molar-refractivity contribution in [2.24, 2.45) is 5.10 Å². The van der Waals surface area contributed by atoms with Crippen LogP contribution in [0.25, 0.3) is 11.4 Å². The molecule has 0 fully saturated rings. The zero-order valence-electron chi connectivity index (χ0n) is 15.2. The van der Waals surface area contributed by atoms with Gasteiger partial charge in [-0.15, -0.1) is 0 Å². The minimum absolute atomic E-state index is 0.172. The number of hydrogen-bond acceptors (Lipinski definition) is 6. The number of carbonyl (C=O) groups excluding carboxylic acids is 2. The van der Waals surface area contributed by atoms with Crippen LogP contribution in [-0.2, 0) is 9.59 Å². The summed E-state index contributed by atoms with van der Waals surface area (Å²) in [4.78, 5) is 28.7. The molecule has 0 radical (unpaired) electrons. The van der Waals surface area contributed by atoms with Gasteiger partial charge in [0.05, 0.1) is 0 Å². The molecule has 1 aliphatic rings. The first-order chi connectivity index (χ1) is 14.1. The van der Waals surface area contributed by atoms with Gasteiger partial charge in [-0.3, -0.25) is 9.59 Å². The number of amides is 2. The molecule has 3 aromatic rings. The van der Waals surface area contributed by atoms with Crippen molar-refractivity contribution >= 4 is 23.2 Å². The van der Waals surface area contributed by atoms with Crippen molar-refractivity contribution in [1.82, 2.24) is 15.1 Å². The first kappa shape index (κ1) is 18.5. The van der Waals surface area contributed by atoms with Gasteiger partial charge in [0.2, 0.25) is 17.6 Å². The Hall–Kier alpha value is -3.88. The molecule has 2 aromatic carbocycles. The van der Waals surface area contributed by atoms with Crippen molar-refractivity contribution in [2.45, 2.75) is 12.8 Å². The predicted octanol–water partition coefficient (Wildman–Crippen LogP) is 2.84. The Labute approximate surface area is 165 Å². The standard InChI is InChI=1S/C20H16FN5O3/c21-14-6-8-15(9-7-14)22-17(27)12-26-18(28)11-10-16(24-26)20-23-19(25-29-20)13-4-2-1-3-5-13/h1-9H,10-12H2,(H,22,27). The highest BCUT2D eigenvalue weighted by Gasteiger charge is 2.26. The number of hydrogen-bond donors (Lipinski definition) is 1. The van der Waals surface area contributed by atoms with Crippen LogP contribution in [0.1, 0.15) is 18.7 Å². The number of benzene rings is 2. The zero-order valence-corrected chi connectivity index (χ0v) is 15.2. The third-order valence-electron chi connectivity index (χ3n) is 4.23. The van der Waals surface area contributed by atoms with E-state index in [0.717, 1.165) is 10.6 Å². The summed E-state index contributed by atoms with van der Waals surface area (Å²) >= 11 is 0. The molecule has 0 spiro atoms. The Morgan fingerprint density at radius 3 is 2.62 bits per heavy atom. The third kappa shape index (κ3) is 4.34. The molecule has 29 heavy (non-hydrogen) atoms. The number of carbonyl (C=O) groups is 2. The van der Waals surface area contributed by atoms with Crippen molar-refractivity contribution in [3.8, 4) is 11.4 Å². The first-order valence-electron chi connectivity index (χ1n) is 8.91. The second-order valence-electron chi connectivity index (χ2n) is 6.34. The van der Waals surface area contributed by atoms with Crippen LogP contribution in [-0.4, -0.2) is 39.2 Å². The Balaban J connectivity index is 1.47. The van der Waals surface area contributed by atoms with E-state index < -0.39 is 11.7 Å². The van der Waals surface area contributed by atoms with Gasteiger partial charge in [-0.25, -0.2) is 9.40 Å². The van der Waals surface area contributed by atoms with Gasteiger partial charge in [-0.1, -0.05) is 35.5 Å². The minimum Gasteiger partial charge on any atom is -0.332 e. The lowest BCUT2D eigenvalue weighted by atomic mass is 10.1. The number of hydrazone groups is 1. The van der Waals surface area contributed by atoms with E-state index in [2.05, 4.69) is 20.6 Å². The summed E-state index contributed by atoms with van der Waals surface area (Å²) < 4.78 is 18.2. The lowest BCUT2D eigenvalue weighted by Crippen LogP contribution is -2.38. The van der Waals surface area contributed by atoms with E-state index in [9.17, 15) is 14.0 Å². The Bertz CT molecular complexity index is 1060. The molecular formula is C20H16FN5O3. The van der Waals surface area contributed by atoms with Crippen molar-refractivity contribution in [1.29, 1.82) is 0 Å². The average Bonchev–Trinajstić information content (AvgIpc) is 3.22. The summed E-state index contributed by atoms with van der Waals surface area (Å²) in [6, 6.07) is 14.7. The molecular weight excluding hydrogens is 377 g/mol. The lowest BCUT2D eigenvalue weighted by molar-refractivity contribution is -0.135. The van der Waals surface area contributed by atoms with E-state index in [1.807, 2.05) is 30.3 Å². The van der Waals surface area contributed by atoms with Crippen molar-refractivity contribution in [3.63, 3.8) is 0 Å². The number of rotatable bonds is 5. The Morgan fingerprint density at radius 2 is 1.86 bits per heavy atom. The number of anilines is 1. The van der Waals surface area contributed by atoms with E-state index in [1.165, 1.54) is 24.3 Å². The molecule has 0 saturated heterocycles. The summed E-state index contributed by atoms with van der Waals surface area (Å²) in [5, 5.41) is 11.8. The summed E-state index contributed by atoms with van der Waals surface area (Å²) in [6.45, 7) is -0.278. The summed E-state index contributed by atoms with van der Waals surface area (Å²) in [7, 11) is 0. The largest absolute Gasteiger partial charge is 0.332 e. The maximum Gasteiger partial charge on any atom is 0.274 e. The zero-order chi connectivity index (χ0) is 20.2. The van der Waals surface area contributed by atoms with E-state index in [0.29, 0.717) is 23.6 Å². The number of halogens is 1. The molecule has 146 valence electrons. The molecule has 9 heteroatoms.